The van der Waals surface area contributed by atoms with Crippen molar-refractivity contribution in [1.82, 2.24) is 15.0 Å². The first-order valence-corrected chi connectivity index (χ1v) is 6.87. The van der Waals surface area contributed by atoms with Crippen molar-refractivity contribution in [2.24, 2.45) is 0 Å². The van der Waals surface area contributed by atoms with Crippen LogP contribution in [0.4, 0.5) is 0 Å². The van der Waals surface area contributed by atoms with Crippen LogP contribution in [-0.4, -0.2) is 32.8 Å². The second-order valence-corrected chi connectivity index (χ2v) is 5.28. The first-order chi connectivity index (χ1) is 10.2. The molecule has 1 fully saturated rings. The molecule has 0 spiro atoms. The van der Waals surface area contributed by atoms with E-state index >= 15 is 0 Å². The Labute approximate surface area is 122 Å². The molecule has 0 unspecified atom stereocenters. The van der Waals surface area contributed by atoms with Gasteiger partial charge in [0.15, 0.2) is 5.82 Å². The fraction of sp³-hybridized carbons (Fsp3) is 0.400. The van der Waals surface area contributed by atoms with Crippen LogP contribution in [0.15, 0.2) is 28.8 Å². The quantitative estimate of drug-likeness (QED) is 0.920. The van der Waals surface area contributed by atoms with Crippen LogP contribution >= 0.6 is 0 Å². The highest BCUT2D eigenvalue weighted by Gasteiger charge is 2.35. The van der Waals surface area contributed by atoms with Gasteiger partial charge in [-0.1, -0.05) is 23.4 Å². The number of nitrogens with zero attached hydrogens (tertiary/aromatic N) is 4. The second-order valence-electron chi connectivity index (χ2n) is 5.28. The summed E-state index contributed by atoms with van der Waals surface area (Å²) >= 11 is 0. The Morgan fingerprint density at radius 1 is 1.48 bits per heavy atom. The van der Waals surface area contributed by atoms with Gasteiger partial charge in [-0.15, -0.1) is 0 Å². The van der Waals surface area contributed by atoms with Gasteiger partial charge in [0.2, 0.25) is 5.89 Å². The van der Waals surface area contributed by atoms with E-state index in [0.29, 0.717) is 36.8 Å². The van der Waals surface area contributed by atoms with E-state index in [0.717, 1.165) is 5.56 Å². The van der Waals surface area contributed by atoms with Gasteiger partial charge in [-0.2, -0.15) is 10.2 Å². The van der Waals surface area contributed by atoms with E-state index in [9.17, 15) is 10.4 Å². The molecule has 6 heteroatoms. The first-order valence-electron chi connectivity index (χ1n) is 6.87. The predicted molar refractivity (Wildman–Crippen MR) is 74.0 cm³/mol. The molecule has 2 heterocycles. The number of likely N-dealkylation sites (tertiary alicyclic amines) is 1. The van der Waals surface area contributed by atoms with Crippen molar-refractivity contribution in [3.63, 3.8) is 0 Å². The lowest BCUT2D eigenvalue weighted by atomic mass is 10.1. The van der Waals surface area contributed by atoms with E-state index in [1.165, 1.54) is 0 Å². The number of β-amino-alcohol motifs (C(OH)–C–C–N with tert-alkyl or cyclic N) is 1. The van der Waals surface area contributed by atoms with E-state index in [2.05, 4.69) is 21.1 Å². The van der Waals surface area contributed by atoms with Crippen molar-refractivity contribution >= 4 is 0 Å². The smallest absolute Gasteiger partial charge is 0.244 e. The van der Waals surface area contributed by atoms with E-state index < -0.39 is 6.10 Å². The Morgan fingerprint density at radius 2 is 2.29 bits per heavy atom. The van der Waals surface area contributed by atoms with Crippen molar-refractivity contribution in [2.75, 3.05) is 6.54 Å². The van der Waals surface area contributed by atoms with Crippen LogP contribution < -0.4 is 0 Å². The zero-order valence-electron chi connectivity index (χ0n) is 11.7. The minimum atomic E-state index is -0.420. The number of hydrogen-bond donors (Lipinski definition) is 1. The van der Waals surface area contributed by atoms with Crippen molar-refractivity contribution in [2.45, 2.75) is 32.0 Å². The van der Waals surface area contributed by atoms with E-state index in [-0.39, 0.29) is 6.04 Å². The lowest BCUT2D eigenvalue weighted by molar-refractivity contribution is 0.169. The third kappa shape index (κ3) is 2.79. The lowest BCUT2D eigenvalue weighted by Crippen LogP contribution is -2.25. The summed E-state index contributed by atoms with van der Waals surface area (Å²) in [7, 11) is 0. The van der Waals surface area contributed by atoms with Gasteiger partial charge in [0.1, 0.15) is 0 Å². The van der Waals surface area contributed by atoms with Crippen LogP contribution in [0, 0.1) is 18.3 Å². The van der Waals surface area contributed by atoms with Crippen LogP contribution in [0.5, 0.6) is 0 Å². The second kappa shape index (κ2) is 5.64. The molecule has 1 N–H and O–H groups in total. The van der Waals surface area contributed by atoms with Crippen LogP contribution in [-0.2, 0) is 6.54 Å². The summed E-state index contributed by atoms with van der Waals surface area (Å²) in [6, 6.07) is 9.58. The molecule has 1 aromatic carbocycles. The van der Waals surface area contributed by atoms with Crippen LogP contribution in [0.3, 0.4) is 0 Å². The zero-order valence-corrected chi connectivity index (χ0v) is 11.7. The fourth-order valence-electron chi connectivity index (χ4n) is 2.75. The van der Waals surface area contributed by atoms with Gasteiger partial charge in [0, 0.05) is 13.1 Å². The monoisotopic (exact) mass is 284 g/mol. The lowest BCUT2D eigenvalue weighted by Gasteiger charge is -2.21. The number of aliphatic hydroxyl groups is 1. The normalized spacial score (nSPS) is 22.3. The Balaban J connectivity index is 1.84. The largest absolute Gasteiger partial charge is 0.392 e. The van der Waals surface area contributed by atoms with Gasteiger partial charge in [-0.25, -0.2) is 0 Å². The van der Waals surface area contributed by atoms with Crippen LogP contribution in [0.2, 0.25) is 0 Å². The average Bonchev–Trinajstić information content (AvgIpc) is 3.05. The van der Waals surface area contributed by atoms with E-state index in [4.69, 9.17) is 4.52 Å². The van der Waals surface area contributed by atoms with Crippen molar-refractivity contribution in [3.05, 3.63) is 47.1 Å². The minimum absolute atomic E-state index is 0.104. The Bertz CT molecular complexity index is 676. The molecule has 3 rings (SSSR count). The number of benzene rings is 1. The maximum absolute atomic E-state index is 9.95. The number of hydrogen-bond acceptors (Lipinski definition) is 6. The molecule has 1 aliphatic heterocycles. The van der Waals surface area contributed by atoms with Gasteiger partial charge < -0.3 is 9.63 Å². The molecular formula is C15H16N4O2. The van der Waals surface area contributed by atoms with Crippen molar-refractivity contribution in [3.8, 4) is 6.07 Å². The highest BCUT2D eigenvalue weighted by Crippen LogP contribution is 2.32. The topological polar surface area (TPSA) is 86.2 Å². The Morgan fingerprint density at radius 3 is 3.00 bits per heavy atom. The summed E-state index contributed by atoms with van der Waals surface area (Å²) in [5, 5.41) is 22.9. The molecule has 6 nitrogen and oxygen atoms in total. The standard InChI is InChI=1S/C15H16N4O2/c1-10-17-15(21-18-10)14-6-13(20)9-19(14)8-12-5-3-2-4-11(12)7-16/h2-5,13-14,20H,6,8-9H2,1H3/t13-,14-/m1/s1. The molecule has 108 valence electrons. The van der Waals surface area contributed by atoms with Crippen LogP contribution in [0.25, 0.3) is 0 Å². The zero-order chi connectivity index (χ0) is 14.8. The molecule has 0 saturated carbocycles. The summed E-state index contributed by atoms with van der Waals surface area (Å²) in [5.74, 6) is 1.11. The van der Waals surface area contributed by atoms with Gasteiger partial charge in [-0.05, 0) is 25.0 Å². The first kappa shape index (κ1) is 13.7. The van der Waals surface area contributed by atoms with E-state index in [1.807, 2.05) is 18.2 Å². The average molecular weight is 284 g/mol. The Kier molecular flexibility index (Phi) is 3.69. The highest BCUT2D eigenvalue weighted by molar-refractivity contribution is 5.37. The summed E-state index contributed by atoms with van der Waals surface area (Å²) in [6.45, 7) is 2.88. The predicted octanol–water partition coefficient (Wildman–Crippen LogP) is 1.56. The summed E-state index contributed by atoms with van der Waals surface area (Å²) < 4.78 is 5.24. The maximum atomic E-state index is 9.95. The molecule has 21 heavy (non-hydrogen) atoms. The van der Waals surface area contributed by atoms with Gasteiger partial charge in [-0.3, -0.25) is 4.90 Å². The van der Waals surface area contributed by atoms with Crippen molar-refractivity contribution < 1.29 is 9.63 Å². The molecule has 1 aromatic heterocycles. The van der Waals surface area contributed by atoms with Gasteiger partial charge in [0.25, 0.3) is 0 Å². The number of nitriles is 1. The SMILES string of the molecule is Cc1noc([C@H]2C[C@@H](O)CN2Cc2ccccc2C#N)n1. The number of aliphatic hydroxyl groups excluding tert-OH is 1. The third-order valence-corrected chi connectivity index (χ3v) is 3.72. The molecule has 0 aliphatic carbocycles. The number of aromatic nitrogens is 2. The van der Waals surface area contributed by atoms with E-state index in [1.54, 1.807) is 13.0 Å². The summed E-state index contributed by atoms with van der Waals surface area (Å²) in [4.78, 5) is 6.34. The number of aryl methyl sites for hydroxylation is 1. The molecule has 1 saturated heterocycles. The molecule has 0 bridgehead atoms. The van der Waals surface area contributed by atoms with Gasteiger partial charge in [0.05, 0.1) is 23.8 Å². The van der Waals surface area contributed by atoms with Gasteiger partial charge >= 0.3 is 0 Å². The molecule has 0 amide bonds. The third-order valence-electron chi connectivity index (χ3n) is 3.72. The molecule has 1 aliphatic rings. The number of rotatable bonds is 3. The maximum Gasteiger partial charge on any atom is 0.244 e. The molecular weight excluding hydrogens is 268 g/mol. The van der Waals surface area contributed by atoms with Crippen LogP contribution in [0.1, 0.15) is 35.3 Å². The molecule has 2 aromatic rings. The highest BCUT2D eigenvalue weighted by atomic mass is 16.5. The molecule has 0 radical (unpaired) electrons. The fourth-order valence-corrected chi connectivity index (χ4v) is 2.75. The minimum Gasteiger partial charge on any atom is -0.392 e. The molecule has 2 atom stereocenters. The Hall–Kier alpha value is -2.23. The van der Waals surface area contributed by atoms with Crippen molar-refractivity contribution in [1.29, 1.82) is 5.26 Å². The summed E-state index contributed by atoms with van der Waals surface area (Å²) in [6.07, 6.45) is 0.146. The summed E-state index contributed by atoms with van der Waals surface area (Å²) in [5.41, 5.74) is 1.59.